The number of nitrogens with two attached hydrogens (primary N) is 1. The fourth-order valence-corrected chi connectivity index (χ4v) is 1.75. The summed E-state index contributed by atoms with van der Waals surface area (Å²) in [6.07, 6.45) is 0. The normalized spacial score (nSPS) is 10.3. The molecular weight excluding hydrogens is 267 g/mol. The van der Waals surface area contributed by atoms with Gasteiger partial charge in [0, 0.05) is 5.69 Å². The van der Waals surface area contributed by atoms with Crippen molar-refractivity contribution in [2.45, 2.75) is 6.92 Å². The molecule has 2 rings (SSSR count). The molecule has 0 aliphatic rings. The van der Waals surface area contributed by atoms with Gasteiger partial charge < -0.3 is 11.1 Å². The van der Waals surface area contributed by atoms with Crippen LogP contribution in [0.1, 0.15) is 15.9 Å². The first-order valence-electron chi connectivity index (χ1n) is 5.60. The van der Waals surface area contributed by atoms with Crippen LogP contribution in [0.15, 0.2) is 36.4 Å². The Morgan fingerprint density at radius 1 is 1.26 bits per heavy atom. The van der Waals surface area contributed by atoms with Gasteiger partial charge in [-0.25, -0.2) is 4.39 Å². The smallest absolute Gasteiger partial charge is 0.258 e. The number of amides is 1. The molecule has 0 heterocycles. The fourth-order valence-electron chi connectivity index (χ4n) is 1.63. The summed E-state index contributed by atoms with van der Waals surface area (Å²) in [5, 5.41) is 2.98. The molecule has 0 radical (unpaired) electrons. The lowest BCUT2D eigenvalue weighted by Crippen LogP contribution is -2.14. The molecule has 3 nitrogen and oxygen atoms in total. The first kappa shape index (κ1) is 13.4. The molecule has 3 N–H and O–H groups in total. The molecule has 0 fully saturated rings. The van der Waals surface area contributed by atoms with E-state index >= 15 is 0 Å². The van der Waals surface area contributed by atoms with Gasteiger partial charge in [0.2, 0.25) is 0 Å². The van der Waals surface area contributed by atoms with Crippen molar-refractivity contribution in [1.29, 1.82) is 0 Å². The second-order valence-corrected chi connectivity index (χ2v) is 4.58. The molecule has 0 atom stereocenters. The highest BCUT2D eigenvalue weighted by molar-refractivity contribution is 6.33. The summed E-state index contributed by atoms with van der Waals surface area (Å²) >= 11 is 5.78. The van der Waals surface area contributed by atoms with Crippen LogP contribution in [0.2, 0.25) is 5.02 Å². The van der Waals surface area contributed by atoms with E-state index in [9.17, 15) is 9.18 Å². The minimum absolute atomic E-state index is 0.00600. The topological polar surface area (TPSA) is 55.1 Å². The first-order chi connectivity index (χ1) is 8.97. The number of carbonyl (C=O) groups is 1. The van der Waals surface area contributed by atoms with E-state index in [1.54, 1.807) is 25.1 Å². The van der Waals surface area contributed by atoms with Gasteiger partial charge in [0.15, 0.2) is 0 Å². The standard InChI is InChI=1S/C14H12ClFN2O/c1-8-2-5-12(16)10(6-8)14(19)18-9-3-4-11(15)13(17)7-9/h2-7H,17H2,1H3,(H,18,19). The lowest BCUT2D eigenvalue weighted by molar-refractivity contribution is 0.102. The number of hydrogen-bond donors (Lipinski definition) is 2. The lowest BCUT2D eigenvalue weighted by Gasteiger charge is -2.08. The number of halogens is 2. The van der Waals surface area contributed by atoms with Crippen molar-refractivity contribution >= 4 is 28.9 Å². The molecule has 98 valence electrons. The van der Waals surface area contributed by atoms with Crippen molar-refractivity contribution in [3.05, 3.63) is 58.4 Å². The summed E-state index contributed by atoms with van der Waals surface area (Å²) in [6.45, 7) is 1.79. The van der Waals surface area contributed by atoms with Crippen molar-refractivity contribution in [3.8, 4) is 0 Å². The lowest BCUT2D eigenvalue weighted by atomic mass is 10.1. The molecular formula is C14H12ClFN2O. The van der Waals surface area contributed by atoms with Crippen LogP contribution in [0.25, 0.3) is 0 Å². The Kier molecular flexibility index (Phi) is 3.71. The molecule has 0 spiro atoms. The molecule has 0 aromatic heterocycles. The second kappa shape index (κ2) is 5.28. The molecule has 0 saturated heterocycles. The van der Waals surface area contributed by atoms with E-state index in [-0.39, 0.29) is 5.56 Å². The molecule has 1 amide bonds. The number of carbonyl (C=O) groups excluding carboxylic acids is 1. The van der Waals surface area contributed by atoms with Gasteiger partial charge in [0.05, 0.1) is 16.3 Å². The maximum atomic E-state index is 13.6. The van der Waals surface area contributed by atoms with Gasteiger partial charge in [0.1, 0.15) is 5.82 Å². The Hall–Kier alpha value is -2.07. The summed E-state index contributed by atoms with van der Waals surface area (Å²) in [7, 11) is 0. The van der Waals surface area contributed by atoms with Crippen molar-refractivity contribution in [2.75, 3.05) is 11.1 Å². The number of nitrogens with one attached hydrogen (secondary N) is 1. The summed E-state index contributed by atoms with van der Waals surface area (Å²) in [4.78, 5) is 12.0. The molecule has 2 aromatic carbocycles. The molecule has 19 heavy (non-hydrogen) atoms. The van der Waals surface area contributed by atoms with Crippen molar-refractivity contribution in [2.24, 2.45) is 0 Å². The van der Waals surface area contributed by atoms with Crippen LogP contribution in [-0.2, 0) is 0 Å². The highest BCUT2D eigenvalue weighted by Gasteiger charge is 2.12. The van der Waals surface area contributed by atoms with Gasteiger partial charge in [-0.15, -0.1) is 0 Å². The van der Waals surface area contributed by atoms with Crippen molar-refractivity contribution < 1.29 is 9.18 Å². The highest BCUT2D eigenvalue weighted by atomic mass is 35.5. The second-order valence-electron chi connectivity index (χ2n) is 4.17. The van der Waals surface area contributed by atoms with E-state index in [1.165, 1.54) is 18.2 Å². The maximum absolute atomic E-state index is 13.6. The first-order valence-corrected chi connectivity index (χ1v) is 5.97. The summed E-state index contributed by atoms with van der Waals surface area (Å²) < 4.78 is 13.6. The predicted molar refractivity (Wildman–Crippen MR) is 75.0 cm³/mol. The van der Waals surface area contributed by atoms with E-state index < -0.39 is 11.7 Å². The average Bonchev–Trinajstić information content (AvgIpc) is 2.36. The monoisotopic (exact) mass is 278 g/mol. The van der Waals surface area contributed by atoms with Crippen LogP contribution in [-0.4, -0.2) is 5.91 Å². The van der Waals surface area contributed by atoms with E-state index in [0.29, 0.717) is 16.4 Å². The van der Waals surface area contributed by atoms with Crippen LogP contribution < -0.4 is 11.1 Å². The van der Waals surface area contributed by atoms with Gasteiger partial charge in [-0.05, 0) is 37.3 Å². The summed E-state index contributed by atoms with van der Waals surface area (Å²) in [6, 6.07) is 9.05. The third-order valence-corrected chi connectivity index (χ3v) is 2.96. The summed E-state index contributed by atoms with van der Waals surface area (Å²) in [5.74, 6) is -1.09. The Bertz CT molecular complexity index is 643. The maximum Gasteiger partial charge on any atom is 0.258 e. The summed E-state index contributed by atoms with van der Waals surface area (Å²) in [5.41, 5.74) is 7.25. The molecule has 2 aromatic rings. The molecule has 0 aliphatic carbocycles. The zero-order valence-corrected chi connectivity index (χ0v) is 11.0. The fraction of sp³-hybridized carbons (Fsp3) is 0.0714. The minimum atomic E-state index is -0.565. The van der Waals surface area contributed by atoms with Crippen molar-refractivity contribution in [1.82, 2.24) is 0 Å². The zero-order chi connectivity index (χ0) is 14.0. The van der Waals surface area contributed by atoms with Crippen LogP contribution >= 0.6 is 11.6 Å². The SMILES string of the molecule is Cc1ccc(F)c(C(=O)Nc2ccc(Cl)c(N)c2)c1. The van der Waals surface area contributed by atoms with Gasteiger partial charge in [-0.1, -0.05) is 23.2 Å². The average molecular weight is 279 g/mol. The van der Waals surface area contributed by atoms with Gasteiger partial charge in [-0.3, -0.25) is 4.79 Å². The molecule has 0 aliphatic heterocycles. The Balaban J connectivity index is 2.25. The van der Waals surface area contributed by atoms with Gasteiger partial charge in [0.25, 0.3) is 5.91 Å². The van der Waals surface area contributed by atoms with E-state index in [0.717, 1.165) is 5.56 Å². The number of anilines is 2. The Labute approximate surface area is 115 Å². The number of aryl methyl sites for hydroxylation is 1. The number of nitrogen functional groups attached to an aromatic ring is 1. The Morgan fingerprint density at radius 2 is 2.00 bits per heavy atom. The van der Waals surface area contributed by atoms with Gasteiger partial charge >= 0.3 is 0 Å². The van der Waals surface area contributed by atoms with E-state index in [4.69, 9.17) is 17.3 Å². The van der Waals surface area contributed by atoms with Gasteiger partial charge in [-0.2, -0.15) is 0 Å². The minimum Gasteiger partial charge on any atom is -0.397 e. The molecule has 0 bridgehead atoms. The zero-order valence-electron chi connectivity index (χ0n) is 10.2. The molecule has 0 saturated carbocycles. The van der Waals surface area contributed by atoms with Crippen LogP contribution in [0.4, 0.5) is 15.8 Å². The van der Waals surface area contributed by atoms with E-state index in [1.807, 2.05) is 0 Å². The van der Waals surface area contributed by atoms with Crippen LogP contribution in [0.3, 0.4) is 0 Å². The Morgan fingerprint density at radius 3 is 2.68 bits per heavy atom. The highest BCUT2D eigenvalue weighted by Crippen LogP contribution is 2.23. The number of benzene rings is 2. The number of hydrogen-bond acceptors (Lipinski definition) is 2. The largest absolute Gasteiger partial charge is 0.397 e. The third kappa shape index (κ3) is 3.03. The van der Waals surface area contributed by atoms with Crippen molar-refractivity contribution in [3.63, 3.8) is 0 Å². The van der Waals surface area contributed by atoms with Crippen LogP contribution in [0.5, 0.6) is 0 Å². The molecule has 0 unspecified atom stereocenters. The van der Waals surface area contributed by atoms with E-state index in [2.05, 4.69) is 5.32 Å². The quantitative estimate of drug-likeness (QED) is 0.824. The third-order valence-electron chi connectivity index (χ3n) is 2.62. The van der Waals surface area contributed by atoms with Crippen LogP contribution in [0, 0.1) is 12.7 Å². The number of rotatable bonds is 2. The predicted octanol–water partition coefficient (Wildman–Crippen LogP) is 3.62. The molecule has 5 heteroatoms.